The van der Waals surface area contributed by atoms with Gasteiger partial charge in [-0.05, 0) is 19.1 Å². The van der Waals surface area contributed by atoms with Gasteiger partial charge in [0.1, 0.15) is 11.8 Å². The maximum Gasteiger partial charge on any atom is 0.326 e. The van der Waals surface area contributed by atoms with E-state index in [1.807, 2.05) is 0 Å². The molecule has 2 amide bonds. The Kier molecular flexibility index (Phi) is 5.57. The third-order valence-electron chi connectivity index (χ3n) is 2.57. The number of carbonyl (C=O) groups is 3. The van der Waals surface area contributed by atoms with Gasteiger partial charge < -0.3 is 24.8 Å². The van der Waals surface area contributed by atoms with Crippen LogP contribution < -0.4 is 5.32 Å². The van der Waals surface area contributed by atoms with Gasteiger partial charge in [-0.1, -0.05) is 0 Å². The Balaban J connectivity index is 2.65. The standard InChI is InChI=1S/C12H16N2O6/c1-2-14(7-8-4-3-5-20-8)12(19)13-9(11(17)18)6-10(15)16/h3-5,9H,2,6-7H2,1H3,(H,13,19)(H,15,16)(H,17,18). The lowest BCUT2D eigenvalue weighted by Crippen LogP contribution is -2.48. The molecule has 0 spiro atoms. The molecule has 0 aliphatic rings. The zero-order chi connectivity index (χ0) is 15.1. The highest BCUT2D eigenvalue weighted by atomic mass is 16.4. The third kappa shape index (κ3) is 4.63. The second-order valence-corrected chi connectivity index (χ2v) is 4.03. The lowest BCUT2D eigenvalue weighted by Gasteiger charge is -2.22. The molecule has 0 aromatic carbocycles. The first-order valence-corrected chi connectivity index (χ1v) is 5.96. The van der Waals surface area contributed by atoms with E-state index >= 15 is 0 Å². The number of urea groups is 1. The fourth-order valence-corrected chi connectivity index (χ4v) is 1.53. The Bertz CT molecular complexity index is 470. The Hall–Kier alpha value is -2.51. The van der Waals surface area contributed by atoms with Gasteiger partial charge in [-0.25, -0.2) is 9.59 Å². The van der Waals surface area contributed by atoms with Crippen LogP contribution in [0, 0.1) is 0 Å². The zero-order valence-electron chi connectivity index (χ0n) is 10.9. The quantitative estimate of drug-likeness (QED) is 0.679. The molecular formula is C12H16N2O6. The lowest BCUT2D eigenvalue weighted by atomic mass is 10.2. The van der Waals surface area contributed by atoms with E-state index in [0.29, 0.717) is 12.3 Å². The average Bonchev–Trinajstić information content (AvgIpc) is 2.87. The minimum atomic E-state index is -1.47. The summed E-state index contributed by atoms with van der Waals surface area (Å²) in [6, 6.07) is 1.23. The van der Waals surface area contributed by atoms with Crippen molar-refractivity contribution in [3.05, 3.63) is 24.2 Å². The second kappa shape index (κ2) is 7.17. The largest absolute Gasteiger partial charge is 0.481 e. The van der Waals surface area contributed by atoms with E-state index in [2.05, 4.69) is 5.32 Å². The number of carbonyl (C=O) groups excluding carboxylic acids is 1. The predicted octanol–water partition coefficient (Wildman–Crippen LogP) is 0.739. The number of nitrogens with zero attached hydrogens (tertiary/aromatic N) is 1. The molecule has 0 aliphatic carbocycles. The first-order valence-electron chi connectivity index (χ1n) is 5.96. The minimum Gasteiger partial charge on any atom is -0.481 e. The number of nitrogens with one attached hydrogen (secondary N) is 1. The number of aliphatic carboxylic acids is 2. The monoisotopic (exact) mass is 284 g/mol. The van der Waals surface area contributed by atoms with Gasteiger partial charge in [0.25, 0.3) is 0 Å². The first-order chi connectivity index (χ1) is 9.43. The predicted molar refractivity (Wildman–Crippen MR) is 67.0 cm³/mol. The fraction of sp³-hybridized carbons (Fsp3) is 0.417. The van der Waals surface area contributed by atoms with Crippen molar-refractivity contribution in [3.8, 4) is 0 Å². The summed E-state index contributed by atoms with van der Waals surface area (Å²) in [4.78, 5) is 34.7. The van der Waals surface area contributed by atoms with Crippen molar-refractivity contribution in [3.63, 3.8) is 0 Å². The van der Waals surface area contributed by atoms with Crippen molar-refractivity contribution < 1.29 is 29.0 Å². The van der Waals surface area contributed by atoms with Crippen molar-refractivity contribution in [2.45, 2.75) is 25.9 Å². The molecule has 0 fully saturated rings. The molecule has 110 valence electrons. The van der Waals surface area contributed by atoms with Gasteiger partial charge >= 0.3 is 18.0 Å². The number of rotatable bonds is 7. The topological polar surface area (TPSA) is 120 Å². The first kappa shape index (κ1) is 15.5. The van der Waals surface area contributed by atoms with Crippen LogP contribution in [0.15, 0.2) is 22.8 Å². The summed E-state index contributed by atoms with van der Waals surface area (Å²) in [5.41, 5.74) is 0. The number of hydrogen-bond donors (Lipinski definition) is 3. The molecule has 0 radical (unpaired) electrons. The summed E-state index contributed by atoms with van der Waals surface area (Å²) in [5.74, 6) is -2.14. The summed E-state index contributed by atoms with van der Waals surface area (Å²) in [7, 11) is 0. The summed E-state index contributed by atoms with van der Waals surface area (Å²) >= 11 is 0. The summed E-state index contributed by atoms with van der Waals surface area (Å²) in [5, 5.41) is 19.6. The number of furan rings is 1. The highest BCUT2D eigenvalue weighted by Crippen LogP contribution is 2.06. The molecule has 8 nitrogen and oxygen atoms in total. The molecule has 8 heteroatoms. The van der Waals surface area contributed by atoms with E-state index in [9.17, 15) is 14.4 Å². The average molecular weight is 284 g/mol. The molecule has 0 saturated heterocycles. The van der Waals surface area contributed by atoms with Crippen molar-refractivity contribution in [2.24, 2.45) is 0 Å². The van der Waals surface area contributed by atoms with Crippen molar-refractivity contribution >= 4 is 18.0 Å². The number of carboxylic acid groups (broad SMARTS) is 2. The molecule has 0 aliphatic heterocycles. The van der Waals surface area contributed by atoms with E-state index in [1.165, 1.54) is 11.2 Å². The third-order valence-corrected chi connectivity index (χ3v) is 2.57. The summed E-state index contributed by atoms with van der Waals surface area (Å²) in [6.07, 6.45) is 0.783. The van der Waals surface area contributed by atoms with Crippen LogP contribution in [-0.2, 0) is 16.1 Å². The lowest BCUT2D eigenvalue weighted by molar-refractivity contribution is -0.145. The molecule has 1 heterocycles. The van der Waals surface area contributed by atoms with Gasteiger partial charge in [-0.2, -0.15) is 0 Å². The Morgan fingerprint density at radius 1 is 1.40 bits per heavy atom. The van der Waals surface area contributed by atoms with Crippen molar-refractivity contribution in [2.75, 3.05) is 6.54 Å². The van der Waals surface area contributed by atoms with E-state index in [1.54, 1.807) is 19.1 Å². The smallest absolute Gasteiger partial charge is 0.326 e. The summed E-state index contributed by atoms with van der Waals surface area (Å²) in [6.45, 7) is 2.22. The van der Waals surface area contributed by atoms with Gasteiger partial charge in [0, 0.05) is 6.54 Å². The molecule has 1 rings (SSSR count). The number of amides is 2. The molecule has 1 unspecified atom stereocenters. The second-order valence-electron chi connectivity index (χ2n) is 4.03. The fourth-order valence-electron chi connectivity index (χ4n) is 1.53. The van der Waals surface area contributed by atoms with Gasteiger partial charge in [0.15, 0.2) is 0 Å². The molecule has 20 heavy (non-hydrogen) atoms. The molecule has 3 N–H and O–H groups in total. The van der Waals surface area contributed by atoms with Crippen molar-refractivity contribution in [1.82, 2.24) is 10.2 Å². The highest BCUT2D eigenvalue weighted by molar-refractivity contribution is 5.86. The van der Waals surface area contributed by atoms with Crippen LogP contribution in [0.25, 0.3) is 0 Å². The van der Waals surface area contributed by atoms with E-state index in [-0.39, 0.29) is 6.54 Å². The maximum atomic E-state index is 11.9. The van der Waals surface area contributed by atoms with Gasteiger partial charge in [0.05, 0.1) is 19.2 Å². The van der Waals surface area contributed by atoms with Crippen LogP contribution in [0.3, 0.4) is 0 Å². The van der Waals surface area contributed by atoms with Crippen LogP contribution in [0.2, 0.25) is 0 Å². The Morgan fingerprint density at radius 3 is 2.55 bits per heavy atom. The number of hydrogen-bond acceptors (Lipinski definition) is 4. The zero-order valence-corrected chi connectivity index (χ0v) is 10.9. The molecular weight excluding hydrogens is 268 g/mol. The van der Waals surface area contributed by atoms with Crippen LogP contribution in [0.5, 0.6) is 0 Å². The minimum absolute atomic E-state index is 0.175. The van der Waals surface area contributed by atoms with Gasteiger partial charge in [-0.15, -0.1) is 0 Å². The SMILES string of the molecule is CCN(Cc1ccco1)C(=O)NC(CC(=O)O)C(=O)O. The maximum absolute atomic E-state index is 11.9. The van der Waals surface area contributed by atoms with Crippen LogP contribution in [0.4, 0.5) is 4.79 Å². The van der Waals surface area contributed by atoms with Crippen molar-refractivity contribution in [1.29, 1.82) is 0 Å². The van der Waals surface area contributed by atoms with Crippen LogP contribution in [-0.4, -0.2) is 45.7 Å². The Morgan fingerprint density at radius 2 is 2.10 bits per heavy atom. The molecule has 1 aromatic heterocycles. The van der Waals surface area contributed by atoms with E-state index < -0.39 is 30.4 Å². The molecule has 1 aromatic rings. The van der Waals surface area contributed by atoms with Crippen LogP contribution >= 0.6 is 0 Å². The Labute approximate surface area is 115 Å². The molecule has 1 atom stereocenters. The van der Waals surface area contributed by atoms with E-state index in [0.717, 1.165) is 0 Å². The normalized spacial score (nSPS) is 11.7. The number of carboxylic acids is 2. The molecule has 0 bridgehead atoms. The highest BCUT2D eigenvalue weighted by Gasteiger charge is 2.25. The van der Waals surface area contributed by atoms with E-state index in [4.69, 9.17) is 14.6 Å². The van der Waals surface area contributed by atoms with Gasteiger partial charge in [-0.3, -0.25) is 4.79 Å². The van der Waals surface area contributed by atoms with Gasteiger partial charge in [0.2, 0.25) is 0 Å². The van der Waals surface area contributed by atoms with Crippen LogP contribution in [0.1, 0.15) is 19.1 Å². The molecule has 0 saturated carbocycles. The summed E-state index contributed by atoms with van der Waals surface area (Å²) < 4.78 is 5.10.